The fourth-order valence-corrected chi connectivity index (χ4v) is 1.56. The van der Waals surface area contributed by atoms with Crippen molar-refractivity contribution in [1.82, 2.24) is 4.98 Å². The minimum Gasteiger partial charge on any atom is -0.464 e. The maximum atomic E-state index is 12.6. The molecule has 0 amide bonds. The first-order valence-corrected chi connectivity index (χ1v) is 5.08. The average Bonchev–Trinajstić information content (AvgIpc) is 2.20. The van der Waals surface area contributed by atoms with E-state index in [-0.39, 0.29) is 11.3 Å². The van der Waals surface area contributed by atoms with E-state index in [0.717, 1.165) is 6.07 Å². The largest absolute Gasteiger partial charge is 0.464 e. The lowest BCUT2D eigenvalue weighted by atomic mass is 10.2. The van der Waals surface area contributed by atoms with Gasteiger partial charge in [-0.1, -0.05) is 0 Å². The first-order valence-electron chi connectivity index (χ1n) is 4.01. The molecule has 0 spiro atoms. The minimum atomic E-state index is -2.62. The van der Waals surface area contributed by atoms with Crippen LogP contribution in [0.25, 0.3) is 0 Å². The van der Waals surface area contributed by atoms with E-state index in [1.165, 1.54) is 7.11 Å². The lowest BCUT2D eigenvalue weighted by Crippen LogP contribution is -2.08. The molecule has 1 aromatic rings. The Balaban J connectivity index is 3.29. The van der Waals surface area contributed by atoms with Gasteiger partial charge in [-0.25, -0.2) is 18.6 Å². The normalized spacial score (nSPS) is 10.5. The van der Waals surface area contributed by atoms with Crippen molar-refractivity contribution in [3.63, 3.8) is 0 Å². The summed E-state index contributed by atoms with van der Waals surface area (Å²) >= 11 is 1.78. The molecule has 0 N–H and O–H groups in total. The van der Waals surface area contributed by atoms with E-state index in [9.17, 15) is 13.6 Å². The summed E-state index contributed by atoms with van der Waals surface area (Å²) in [7, 11) is 1.18. The molecular formula is C9H8F2INO2. The second kappa shape index (κ2) is 4.82. The molecule has 0 saturated carbocycles. The molecule has 6 heteroatoms. The number of carbonyl (C=O) groups is 1. The van der Waals surface area contributed by atoms with Crippen LogP contribution in [0.1, 0.15) is 28.2 Å². The molecule has 0 fully saturated rings. The number of ether oxygens (including phenoxy) is 1. The summed E-state index contributed by atoms with van der Waals surface area (Å²) in [6, 6.07) is 1.06. The monoisotopic (exact) mass is 327 g/mol. The summed E-state index contributed by atoms with van der Waals surface area (Å²) in [5.74, 6) is -0.712. The maximum Gasteiger partial charge on any atom is 0.356 e. The summed E-state index contributed by atoms with van der Waals surface area (Å²) in [5.41, 5.74) is 0.114. The Hall–Kier alpha value is -0.790. The zero-order valence-corrected chi connectivity index (χ0v) is 10.2. The summed E-state index contributed by atoms with van der Waals surface area (Å²) in [4.78, 5) is 15.0. The van der Waals surface area contributed by atoms with Crippen molar-refractivity contribution in [3.8, 4) is 0 Å². The molecule has 0 aliphatic heterocycles. The van der Waals surface area contributed by atoms with Gasteiger partial charge in [-0.2, -0.15) is 0 Å². The smallest absolute Gasteiger partial charge is 0.356 e. The van der Waals surface area contributed by atoms with Gasteiger partial charge in [0.15, 0.2) is 0 Å². The van der Waals surface area contributed by atoms with Crippen molar-refractivity contribution >= 4 is 28.6 Å². The van der Waals surface area contributed by atoms with E-state index in [1.807, 2.05) is 0 Å². The minimum absolute atomic E-state index is 0.0919. The van der Waals surface area contributed by atoms with E-state index in [0.29, 0.717) is 9.26 Å². The third kappa shape index (κ3) is 2.61. The van der Waals surface area contributed by atoms with Crippen molar-refractivity contribution in [2.75, 3.05) is 7.11 Å². The number of pyridine rings is 1. The van der Waals surface area contributed by atoms with Crippen LogP contribution in [0.4, 0.5) is 8.78 Å². The number of hydrogen-bond donors (Lipinski definition) is 0. The standard InChI is InChI=1S/C9H8F2INO2/c1-4-7(12)5(8(10)11)3-6(13-4)9(14)15-2/h3,8H,1-2H3. The zero-order valence-electron chi connectivity index (χ0n) is 8.05. The van der Waals surface area contributed by atoms with E-state index in [1.54, 1.807) is 29.5 Å². The van der Waals surface area contributed by atoms with Gasteiger partial charge in [0.05, 0.1) is 12.8 Å². The Morgan fingerprint density at radius 2 is 2.20 bits per heavy atom. The Bertz CT molecular complexity index is 396. The van der Waals surface area contributed by atoms with Gasteiger partial charge in [-0.15, -0.1) is 0 Å². The van der Waals surface area contributed by atoms with Crippen molar-refractivity contribution in [2.45, 2.75) is 13.3 Å². The van der Waals surface area contributed by atoms with Gasteiger partial charge in [0.1, 0.15) is 5.69 Å². The number of halogens is 3. The first kappa shape index (κ1) is 12.3. The second-order valence-electron chi connectivity index (χ2n) is 2.79. The van der Waals surface area contributed by atoms with Crippen LogP contribution in [0.15, 0.2) is 6.07 Å². The van der Waals surface area contributed by atoms with Crippen LogP contribution in [-0.2, 0) is 4.74 Å². The highest BCUT2D eigenvalue weighted by Gasteiger charge is 2.18. The van der Waals surface area contributed by atoms with E-state index >= 15 is 0 Å². The predicted octanol–water partition coefficient (Wildman–Crippen LogP) is 2.72. The zero-order chi connectivity index (χ0) is 11.6. The highest BCUT2D eigenvalue weighted by atomic mass is 127. The Labute approximate surface area is 99.0 Å². The fraction of sp³-hybridized carbons (Fsp3) is 0.333. The Kier molecular flexibility index (Phi) is 3.95. The van der Waals surface area contributed by atoms with Gasteiger partial charge in [-0.05, 0) is 35.6 Å². The molecule has 0 unspecified atom stereocenters. The summed E-state index contributed by atoms with van der Waals surface area (Å²) < 4.78 is 29.9. The molecule has 0 bridgehead atoms. The molecule has 0 aliphatic rings. The van der Waals surface area contributed by atoms with E-state index in [4.69, 9.17) is 0 Å². The van der Waals surface area contributed by atoms with Gasteiger partial charge in [-0.3, -0.25) is 0 Å². The van der Waals surface area contributed by atoms with Crippen molar-refractivity contribution < 1.29 is 18.3 Å². The van der Waals surface area contributed by atoms with Crippen molar-refractivity contribution in [2.24, 2.45) is 0 Å². The predicted molar refractivity (Wildman–Crippen MR) is 58.0 cm³/mol. The summed E-state index contributed by atoms with van der Waals surface area (Å²) in [6.45, 7) is 1.57. The van der Waals surface area contributed by atoms with Gasteiger partial charge < -0.3 is 4.74 Å². The van der Waals surface area contributed by atoms with Crippen LogP contribution in [0.3, 0.4) is 0 Å². The molecule has 3 nitrogen and oxygen atoms in total. The highest BCUT2D eigenvalue weighted by molar-refractivity contribution is 14.1. The molecule has 0 aromatic carbocycles. The Morgan fingerprint density at radius 3 is 2.67 bits per heavy atom. The molecule has 1 rings (SSSR count). The number of aryl methyl sites for hydroxylation is 1. The Morgan fingerprint density at radius 1 is 1.60 bits per heavy atom. The summed E-state index contributed by atoms with van der Waals surface area (Å²) in [6.07, 6.45) is -2.62. The SMILES string of the molecule is COC(=O)c1cc(C(F)F)c(I)c(C)n1. The second-order valence-corrected chi connectivity index (χ2v) is 3.87. The van der Waals surface area contributed by atoms with Crippen molar-refractivity contribution in [1.29, 1.82) is 0 Å². The number of nitrogens with zero attached hydrogens (tertiary/aromatic N) is 1. The lowest BCUT2D eigenvalue weighted by molar-refractivity contribution is 0.0593. The molecule has 0 saturated heterocycles. The maximum absolute atomic E-state index is 12.6. The molecule has 0 aliphatic carbocycles. The van der Waals surface area contributed by atoms with Crippen LogP contribution < -0.4 is 0 Å². The van der Waals surface area contributed by atoms with Crippen LogP contribution >= 0.6 is 22.6 Å². The molecular weight excluding hydrogens is 319 g/mol. The van der Waals surface area contributed by atoms with Gasteiger partial charge >= 0.3 is 5.97 Å². The van der Waals surface area contributed by atoms with Gasteiger partial charge in [0.2, 0.25) is 0 Å². The molecule has 82 valence electrons. The molecule has 1 aromatic heterocycles. The number of hydrogen-bond acceptors (Lipinski definition) is 3. The number of esters is 1. The van der Waals surface area contributed by atoms with E-state index < -0.39 is 12.4 Å². The van der Waals surface area contributed by atoms with E-state index in [2.05, 4.69) is 9.72 Å². The van der Waals surface area contributed by atoms with Crippen LogP contribution in [0.5, 0.6) is 0 Å². The number of methoxy groups -OCH3 is 1. The first-order chi connectivity index (χ1) is 6.97. The van der Waals surface area contributed by atoms with Crippen molar-refractivity contribution in [3.05, 3.63) is 26.6 Å². The van der Waals surface area contributed by atoms with Gasteiger partial charge in [0, 0.05) is 9.13 Å². The summed E-state index contributed by atoms with van der Waals surface area (Å²) in [5, 5.41) is 0. The molecule has 0 radical (unpaired) electrons. The quantitative estimate of drug-likeness (QED) is 0.619. The third-order valence-corrected chi connectivity index (χ3v) is 3.18. The topological polar surface area (TPSA) is 39.2 Å². The molecule has 15 heavy (non-hydrogen) atoms. The number of rotatable bonds is 2. The third-order valence-electron chi connectivity index (χ3n) is 1.78. The molecule has 1 heterocycles. The number of carbonyl (C=O) groups excluding carboxylic acids is 1. The fourth-order valence-electron chi connectivity index (χ4n) is 1.05. The van der Waals surface area contributed by atoms with Crippen LogP contribution in [0, 0.1) is 10.5 Å². The van der Waals surface area contributed by atoms with Gasteiger partial charge in [0.25, 0.3) is 6.43 Å². The lowest BCUT2D eigenvalue weighted by Gasteiger charge is -2.08. The number of alkyl halides is 2. The molecule has 0 atom stereocenters. The highest BCUT2D eigenvalue weighted by Crippen LogP contribution is 2.26. The number of aromatic nitrogens is 1. The average molecular weight is 327 g/mol. The van der Waals surface area contributed by atoms with Crippen LogP contribution in [0.2, 0.25) is 0 Å². The van der Waals surface area contributed by atoms with Crippen LogP contribution in [-0.4, -0.2) is 18.1 Å².